The largest absolute Gasteiger partial charge is 0.485 e. The summed E-state index contributed by atoms with van der Waals surface area (Å²) in [6.07, 6.45) is 2.73. The Balaban J connectivity index is 1.39. The highest BCUT2D eigenvalue weighted by Gasteiger charge is 2.22. The molecule has 0 unspecified atom stereocenters. The second-order valence-corrected chi connectivity index (χ2v) is 6.37. The van der Waals surface area contributed by atoms with Crippen LogP contribution in [0.1, 0.15) is 18.6 Å². The van der Waals surface area contributed by atoms with E-state index in [0.717, 1.165) is 19.0 Å². The zero-order chi connectivity index (χ0) is 16.1. The summed E-state index contributed by atoms with van der Waals surface area (Å²) in [5, 5.41) is 4.53. The van der Waals surface area contributed by atoms with E-state index in [4.69, 9.17) is 25.6 Å². The topological polar surface area (TPSA) is 47.7 Å². The van der Waals surface area contributed by atoms with Gasteiger partial charge in [0.2, 0.25) is 0 Å². The van der Waals surface area contributed by atoms with Gasteiger partial charge in [0, 0.05) is 24.2 Å². The molecule has 0 spiro atoms. The molecule has 6 heteroatoms. The van der Waals surface area contributed by atoms with Crippen molar-refractivity contribution in [3.8, 4) is 11.6 Å². The number of hydrogen-bond acceptors (Lipinski definition) is 5. The molecule has 1 aromatic heterocycles. The summed E-state index contributed by atoms with van der Waals surface area (Å²) in [4.78, 5) is 2.29. The lowest BCUT2D eigenvalue weighted by atomic mass is 10.3. The summed E-state index contributed by atoms with van der Waals surface area (Å²) in [6.45, 7) is 2.93. The molecule has 23 heavy (non-hydrogen) atoms. The van der Waals surface area contributed by atoms with Crippen LogP contribution in [0.3, 0.4) is 0 Å². The highest BCUT2D eigenvalue weighted by molar-refractivity contribution is 6.30. The normalized spacial score (nSPS) is 14.2. The quantitative estimate of drug-likeness (QED) is 0.700. The Morgan fingerprint density at radius 2 is 2.17 bits per heavy atom. The fourth-order valence-electron chi connectivity index (χ4n) is 2.28. The Bertz CT molecular complexity index is 628. The van der Waals surface area contributed by atoms with Gasteiger partial charge in [0.25, 0.3) is 5.88 Å². The first kappa shape index (κ1) is 16.1. The fourth-order valence-corrected chi connectivity index (χ4v) is 2.46. The van der Waals surface area contributed by atoms with Crippen LogP contribution >= 0.6 is 11.6 Å². The van der Waals surface area contributed by atoms with Crippen LogP contribution in [0.25, 0.3) is 0 Å². The molecule has 0 atom stereocenters. The minimum Gasteiger partial charge on any atom is -0.485 e. The highest BCUT2D eigenvalue weighted by Crippen LogP contribution is 2.29. The van der Waals surface area contributed by atoms with E-state index in [2.05, 4.69) is 17.1 Å². The van der Waals surface area contributed by atoms with Gasteiger partial charge in [0.15, 0.2) is 5.76 Å². The second kappa shape index (κ2) is 7.70. The summed E-state index contributed by atoms with van der Waals surface area (Å²) in [6, 6.07) is 8.99. The molecule has 0 N–H and O–H groups in total. The minimum atomic E-state index is 0.290. The number of benzene rings is 1. The molecule has 0 bridgehead atoms. The van der Waals surface area contributed by atoms with E-state index in [9.17, 15) is 0 Å². The van der Waals surface area contributed by atoms with Crippen molar-refractivity contribution in [2.45, 2.75) is 19.4 Å². The number of likely N-dealkylation sites (N-methyl/N-ethyl adjacent to an activating group) is 1. The van der Waals surface area contributed by atoms with E-state index in [1.54, 1.807) is 18.2 Å². The average Bonchev–Trinajstić information content (AvgIpc) is 3.22. The van der Waals surface area contributed by atoms with Crippen molar-refractivity contribution >= 4 is 11.6 Å². The molecule has 1 aliphatic carbocycles. The molecule has 1 aromatic carbocycles. The molecule has 124 valence electrons. The van der Waals surface area contributed by atoms with E-state index in [-0.39, 0.29) is 6.61 Å². The SMILES string of the molecule is CN(CCOc1cc(COc2cccc(Cl)c2)on1)CC1CC1. The number of halogens is 1. The summed E-state index contributed by atoms with van der Waals surface area (Å²) in [5.41, 5.74) is 0. The molecule has 1 saturated carbocycles. The number of hydrogen-bond donors (Lipinski definition) is 0. The summed E-state index contributed by atoms with van der Waals surface area (Å²) in [5.74, 6) is 2.70. The summed E-state index contributed by atoms with van der Waals surface area (Å²) >= 11 is 5.91. The highest BCUT2D eigenvalue weighted by atomic mass is 35.5. The third kappa shape index (κ3) is 5.44. The van der Waals surface area contributed by atoms with Crippen molar-refractivity contribution in [1.82, 2.24) is 10.1 Å². The third-order valence-electron chi connectivity index (χ3n) is 3.70. The van der Waals surface area contributed by atoms with Gasteiger partial charge in [-0.3, -0.25) is 0 Å². The first-order valence-corrected chi connectivity index (χ1v) is 8.22. The predicted molar refractivity (Wildman–Crippen MR) is 88.0 cm³/mol. The maximum absolute atomic E-state index is 5.91. The third-order valence-corrected chi connectivity index (χ3v) is 3.94. The van der Waals surface area contributed by atoms with Gasteiger partial charge in [-0.2, -0.15) is 0 Å². The van der Waals surface area contributed by atoms with Gasteiger partial charge in [-0.15, -0.1) is 0 Å². The van der Waals surface area contributed by atoms with Crippen molar-refractivity contribution in [3.63, 3.8) is 0 Å². The van der Waals surface area contributed by atoms with Crippen molar-refractivity contribution in [2.24, 2.45) is 5.92 Å². The van der Waals surface area contributed by atoms with Crippen LogP contribution in [-0.4, -0.2) is 36.8 Å². The van der Waals surface area contributed by atoms with Gasteiger partial charge in [0.05, 0.1) is 0 Å². The molecule has 0 saturated heterocycles. The van der Waals surface area contributed by atoms with Gasteiger partial charge in [-0.1, -0.05) is 17.7 Å². The molecule has 3 rings (SSSR count). The number of rotatable bonds is 9. The first-order valence-electron chi connectivity index (χ1n) is 7.84. The van der Waals surface area contributed by atoms with Crippen LogP contribution < -0.4 is 9.47 Å². The van der Waals surface area contributed by atoms with Gasteiger partial charge >= 0.3 is 0 Å². The van der Waals surface area contributed by atoms with Crippen LogP contribution in [0.4, 0.5) is 0 Å². The van der Waals surface area contributed by atoms with Crippen LogP contribution in [0.2, 0.25) is 5.02 Å². The van der Waals surface area contributed by atoms with Gasteiger partial charge < -0.3 is 18.9 Å². The fraction of sp³-hybridized carbons (Fsp3) is 0.471. The Labute approximate surface area is 141 Å². The minimum absolute atomic E-state index is 0.290. The van der Waals surface area contributed by atoms with Crippen molar-refractivity contribution in [1.29, 1.82) is 0 Å². The summed E-state index contributed by atoms with van der Waals surface area (Å²) < 4.78 is 16.4. The predicted octanol–water partition coefficient (Wildman–Crippen LogP) is 3.63. The van der Waals surface area contributed by atoms with E-state index < -0.39 is 0 Å². The van der Waals surface area contributed by atoms with Crippen LogP contribution in [0.15, 0.2) is 34.9 Å². The number of nitrogens with zero attached hydrogens (tertiary/aromatic N) is 2. The molecule has 0 radical (unpaired) electrons. The summed E-state index contributed by atoms with van der Waals surface area (Å²) in [7, 11) is 2.12. The molecule has 1 fully saturated rings. The molecule has 1 aliphatic rings. The number of ether oxygens (including phenoxy) is 2. The molecule has 1 heterocycles. The van der Waals surface area contributed by atoms with Crippen molar-refractivity contribution in [3.05, 3.63) is 41.1 Å². The molecular formula is C17H21ClN2O3. The van der Waals surface area contributed by atoms with E-state index in [1.165, 1.54) is 12.8 Å². The molecule has 5 nitrogen and oxygen atoms in total. The number of aromatic nitrogens is 1. The van der Waals surface area contributed by atoms with Crippen molar-refractivity contribution in [2.75, 3.05) is 26.7 Å². The standard InChI is InChI=1S/C17H21ClN2O3/c1-20(11-13-5-6-13)7-8-21-17-10-16(23-19-17)12-22-15-4-2-3-14(18)9-15/h2-4,9-10,13H,5-8,11-12H2,1H3. The zero-order valence-electron chi connectivity index (χ0n) is 13.2. The lowest BCUT2D eigenvalue weighted by molar-refractivity contribution is 0.212. The van der Waals surface area contributed by atoms with Crippen LogP contribution in [0, 0.1) is 5.92 Å². The zero-order valence-corrected chi connectivity index (χ0v) is 14.0. The molecule has 2 aromatic rings. The van der Waals surface area contributed by atoms with E-state index in [1.807, 2.05) is 12.1 Å². The Morgan fingerprint density at radius 3 is 2.96 bits per heavy atom. The van der Waals surface area contributed by atoms with Crippen molar-refractivity contribution < 1.29 is 14.0 Å². The van der Waals surface area contributed by atoms with E-state index in [0.29, 0.717) is 29.0 Å². The lowest BCUT2D eigenvalue weighted by Crippen LogP contribution is -2.26. The maximum atomic E-state index is 5.91. The lowest BCUT2D eigenvalue weighted by Gasteiger charge is -2.15. The van der Waals surface area contributed by atoms with Crippen LogP contribution in [-0.2, 0) is 6.61 Å². The molecule has 0 amide bonds. The average molecular weight is 337 g/mol. The molecule has 0 aliphatic heterocycles. The Hall–Kier alpha value is -1.72. The Kier molecular flexibility index (Phi) is 5.41. The Morgan fingerprint density at radius 1 is 1.30 bits per heavy atom. The molecular weight excluding hydrogens is 316 g/mol. The second-order valence-electron chi connectivity index (χ2n) is 5.93. The van der Waals surface area contributed by atoms with Gasteiger partial charge in [-0.05, 0) is 49.2 Å². The first-order chi connectivity index (χ1) is 11.2. The van der Waals surface area contributed by atoms with Gasteiger partial charge in [-0.25, -0.2) is 0 Å². The monoisotopic (exact) mass is 336 g/mol. The van der Waals surface area contributed by atoms with Crippen LogP contribution in [0.5, 0.6) is 11.6 Å². The maximum Gasteiger partial charge on any atom is 0.254 e. The van der Waals surface area contributed by atoms with E-state index >= 15 is 0 Å². The van der Waals surface area contributed by atoms with Gasteiger partial charge in [0.1, 0.15) is 19.0 Å². The smallest absolute Gasteiger partial charge is 0.254 e.